The van der Waals surface area contributed by atoms with E-state index in [1.54, 1.807) is 0 Å². The number of hydrogen-bond donors (Lipinski definition) is 3. The van der Waals surface area contributed by atoms with Crippen molar-refractivity contribution in [2.45, 2.75) is 24.4 Å². The van der Waals surface area contributed by atoms with E-state index >= 15 is 0 Å². The lowest BCUT2D eigenvalue weighted by Crippen LogP contribution is -2.47. The molecule has 0 aromatic heterocycles. The van der Waals surface area contributed by atoms with Crippen LogP contribution in [-0.2, 0) is 9.59 Å². The molecule has 0 fully saturated rings. The second kappa shape index (κ2) is 5.39. The number of hydrogen-bond acceptors (Lipinski definition) is 4. The Bertz CT molecular complexity index is 212. The smallest absolute Gasteiger partial charge is 0.322 e. The normalized spacial score (nSPS) is 17.5. The maximum Gasteiger partial charge on any atom is 0.322 e. The predicted octanol–water partition coefficient (Wildman–Crippen LogP) is -0.293. The fraction of sp³-hybridized carbons (Fsp3) is 0.667. The number of halogens is 2. The van der Waals surface area contributed by atoms with Gasteiger partial charge in [-0.25, -0.2) is 4.84 Å². The van der Waals surface area contributed by atoms with Crippen molar-refractivity contribution in [1.29, 1.82) is 0 Å². The molecule has 0 rings (SSSR count). The summed E-state index contributed by atoms with van der Waals surface area (Å²) in [4.78, 5) is 23.7. The molecule has 0 aliphatic heterocycles. The molecule has 0 amide bonds. The van der Waals surface area contributed by atoms with Crippen LogP contribution in [0.2, 0.25) is 0 Å². The Kier molecular flexibility index (Phi) is 5.24. The van der Waals surface area contributed by atoms with E-state index in [2.05, 4.69) is 4.84 Å². The van der Waals surface area contributed by atoms with Crippen molar-refractivity contribution < 1.29 is 14.7 Å². The summed E-state index contributed by atoms with van der Waals surface area (Å²) < 4.78 is 0. The number of carboxylic acids is 1. The van der Waals surface area contributed by atoms with Crippen LogP contribution in [-0.4, -0.2) is 34.3 Å². The Morgan fingerprint density at radius 3 is 2.31 bits per heavy atom. The molecule has 13 heavy (non-hydrogen) atoms. The van der Waals surface area contributed by atoms with E-state index in [0.29, 0.717) is 0 Å². The number of ketones is 1. The van der Waals surface area contributed by atoms with Gasteiger partial charge in [0.1, 0.15) is 11.4 Å². The van der Waals surface area contributed by atoms with Gasteiger partial charge >= 0.3 is 5.97 Å². The first-order chi connectivity index (χ1) is 5.91. The highest BCUT2D eigenvalue weighted by molar-refractivity contribution is 6.34. The monoisotopic (exact) mass is 228 g/mol. The van der Waals surface area contributed by atoms with Crippen LogP contribution in [0.25, 0.3) is 0 Å². The molecule has 3 atom stereocenters. The van der Waals surface area contributed by atoms with Crippen LogP contribution in [0.1, 0.15) is 6.92 Å². The van der Waals surface area contributed by atoms with Gasteiger partial charge in [0.05, 0.1) is 6.04 Å². The van der Waals surface area contributed by atoms with E-state index in [1.807, 2.05) is 0 Å². The van der Waals surface area contributed by atoms with Crippen molar-refractivity contribution in [2.24, 2.45) is 5.73 Å². The summed E-state index contributed by atoms with van der Waals surface area (Å²) >= 11 is 10.7. The molecule has 0 spiro atoms. The Labute approximate surface area is 85.3 Å². The van der Waals surface area contributed by atoms with E-state index in [4.69, 9.17) is 34.2 Å². The van der Waals surface area contributed by atoms with Crippen molar-refractivity contribution in [1.82, 2.24) is 4.84 Å². The lowest BCUT2D eigenvalue weighted by atomic mass is 10.1. The average Bonchev–Trinajstić information content (AvgIpc) is 2.12. The first-order valence-electron chi connectivity index (χ1n) is 3.44. The van der Waals surface area contributed by atoms with Crippen LogP contribution in [0.15, 0.2) is 0 Å². The Morgan fingerprint density at radius 1 is 1.54 bits per heavy atom. The van der Waals surface area contributed by atoms with E-state index < -0.39 is 29.2 Å². The van der Waals surface area contributed by atoms with Gasteiger partial charge in [0, 0.05) is 0 Å². The fourth-order valence-electron chi connectivity index (χ4n) is 0.595. The third-order valence-electron chi connectivity index (χ3n) is 1.46. The molecule has 3 unspecified atom stereocenters. The molecule has 0 bridgehead atoms. The zero-order valence-corrected chi connectivity index (χ0v) is 8.34. The number of carbonyl (C=O) groups excluding carboxylic acids is 1. The number of carboxylic acid groups (broad SMARTS) is 1. The minimum Gasteiger partial charge on any atom is -0.480 e. The topological polar surface area (TPSA) is 92.4 Å². The van der Waals surface area contributed by atoms with Gasteiger partial charge in [0.2, 0.25) is 0 Å². The summed E-state index contributed by atoms with van der Waals surface area (Å²) in [6, 6.07) is -2.14. The summed E-state index contributed by atoms with van der Waals surface area (Å²) in [7, 11) is 0. The van der Waals surface area contributed by atoms with Crippen LogP contribution in [0.5, 0.6) is 0 Å². The van der Waals surface area contributed by atoms with E-state index in [0.717, 1.165) is 0 Å². The van der Waals surface area contributed by atoms with E-state index in [9.17, 15) is 9.59 Å². The van der Waals surface area contributed by atoms with Crippen molar-refractivity contribution >= 4 is 35.1 Å². The molecule has 76 valence electrons. The summed E-state index contributed by atoms with van der Waals surface area (Å²) in [5, 5.41) is 7.16. The summed E-state index contributed by atoms with van der Waals surface area (Å²) in [6.07, 6.45) is 0. The van der Waals surface area contributed by atoms with Crippen LogP contribution in [0.4, 0.5) is 0 Å². The van der Waals surface area contributed by atoms with Crippen molar-refractivity contribution in [3.05, 3.63) is 0 Å². The van der Waals surface area contributed by atoms with E-state index in [1.165, 1.54) is 6.92 Å². The molecule has 0 aliphatic rings. The number of aliphatic carboxylic acids is 1. The molecular formula is C6H10Cl2N2O3. The number of carbonyl (C=O) groups is 2. The summed E-state index contributed by atoms with van der Waals surface area (Å²) in [5.41, 5.74) is 5.13. The molecule has 4 N–H and O–H groups in total. The van der Waals surface area contributed by atoms with Crippen molar-refractivity contribution in [2.75, 3.05) is 0 Å². The van der Waals surface area contributed by atoms with Crippen molar-refractivity contribution in [3.8, 4) is 0 Å². The SMILES string of the molecule is CC(NCl)C(=O)C(Cl)C(N)C(=O)O. The highest BCUT2D eigenvalue weighted by Gasteiger charge is 2.31. The van der Waals surface area contributed by atoms with Crippen LogP contribution in [0, 0.1) is 0 Å². The summed E-state index contributed by atoms with van der Waals surface area (Å²) in [6.45, 7) is 1.46. The van der Waals surface area contributed by atoms with Gasteiger partial charge in [0.15, 0.2) is 5.78 Å². The van der Waals surface area contributed by atoms with Crippen LogP contribution in [0.3, 0.4) is 0 Å². The lowest BCUT2D eigenvalue weighted by molar-refractivity contribution is -0.140. The maximum absolute atomic E-state index is 11.2. The molecule has 5 nitrogen and oxygen atoms in total. The molecule has 0 aliphatic carbocycles. The van der Waals surface area contributed by atoms with Gasteiger partial charge in [-0.3, -0.25) is 9.59 Å². The summed E-state index contributed by atoms with van der Waals surface area (Å²) in [5.74, 6) is -1.87. The highest BCUT2D eigenvalue weighted by atomic mass is 35.5. The quantitative estimate of drug-likeness (QED) is 0.445. The zero-order valence-electron chi connectivity index (χ0n) is 6.83. The molecule has 0 aromatic carbocycles. The van der Waals surface area contributed by atoms with Gasteiger partial charge in [0.25, 0.3) is 0 Å². The number of rotatable bonds is 5. The Balaban J connectivity index is 4.33. The van der Waals surface area contributed by atoms with Gasteiger partial charge in [-0.05, 0) is 18.7 Å². The molecule has 0 saturated heterocycles. The minimum atomic E-state index is -1.42. The van der Waals surface area contributed by atoms with Gasteiger partial charge in [-0.1, -0.05) is 0 Å². The van der Waals surface area contributed by atoms with Gasteiger partial charge in [-0.2, -0.15) is 0 Å². The molecular weight excluding hydrogens is 219 g/mol. The minimum absolute atomic E-state index is 0.549. The Hall–Kier alpha value is -0.360. The molecule has 0 saturated carbocycles. The highest BCUT2D eigenvalue weighted by Crippen LogP contribution is 2.06. The van der Waals surface area contributed by atoms with Gasteiger partial charge in [-0.15, -0.1) is 11.6 Å². The van der Waals surface area contributed by atoms with Crippen LogP contribution < -0.4 is 10.6 Å². The molecule has 0 aromatic rings. The Morgan fingerprint density at radius 2 is 2.00 bits per heavy atom. The first kappa shape index (κ1) is 12.6. The molecule has 0 heterocycles. The largest absolute Gasteiger partial charge is 0.480 e. The molecule has 0 radical (unpaired) electrons. The van der Waals surface area contributed by atoms with Gasteiger partial charge < -0.3 is 10.8 Å². The van der Waals surface area contributed by atoms with Crippen LogP contribution >= 0.6 is 23.4 Å². The molecule has 7 heteroatoms. The lowest BCUT2D eigenvalue weighted by Gasteiger charge is -2.15. The number of nitrogens with two attached hydrogens (primary N) is 1. The number of nitrogens with one attached hydrogen (secondary N) is 1. The standard InChI is InChI=1S/C6H10Cl2N2O3/c1-2(10-8)5(11)3(7)4(9)6(12)13/h2-4,10H,9H2,1H3,(H,12,13). The number of Topliss-reactive ketones (excluding diaryl/α,β-unsaturated/α-hetero) is 1. The second-order valence-corrected chi connectivity index (χ2v) is 3.19. The van der Waals surface area contributed by atoms with E-state index in [-0.39, 0.29) is 0 Å². The predicted molar refractivity (Wildman–Crippen MR) is 48.7 cm³/mol. The average molecular weight is 229 g/mol. The number of alkyl halides is 1. The maximum atomic E-state index is 11.2. The first-order valence-corrected chi connectivity index (χ1v) is 4.25. The van der Waals surface area contributed by atoms with Crippen molar-refractivity contribution in [3.63, 3.8) is 0 Å². The fourth-order valence-corrected chi connectivity index (χ4v) is 0.999. The second-order valence-electron chi connectivity index (χ2n) is 2.50. The zero-order chi connectivity index (χ0) is 10.6. The third kappa shape index (κ3) is 3.48. The third-order valence-corrected chi connectivity index (χ3v) is 2.28.